The summed E-state index contributed by atoms with van der Waals surface area (Å²) >= 11 is 0. The summed E-state index contributed by atoms with van der Waals surface area (Å²) in [7, 11) is 0. The van der Waals surface area contributed by atoms with E-state index in [1.807, 2.05) is 0 Å². The molecule has 10 rings (SSSR count). The first kappa shape index (κ1) is 26.8. The van der Waals surface area contributed by atoms with E-state index in [4.69, 9.17) is 0 Å². The second-order valence-corrected chi connectivity index (χ2v) is 15.4. The van der Waals surface area contributed by atoms with Gasteiger partial charge in [-0.1, -0.05) is 137 Å². The van der Waals surface area contributed by atoms with Crippen LogP contribution in [0, 0.1) is 0 Å². The van der Waals surface area contributed by atoms with Crippen LogP contribution in [0.3, 0.4) is 0 Å². The monoisotopic (exact) mass is 592 g/mol. The number of rotatable bonds is 2. The molecule has 224 valence electrons. The van der Waals surface area contributed by atoms with Crippen LogP contribution < -0.4 is 0 Å². The van der Waals surface area contributed by atoms with Gasteiger partial charge >= 0.3 is 0 Å². The van der Waals surface area contributed by atoms with E-state index in [1.54, 1.807) is 11.1 Å². The summed E-state index contributed by atoms with van der Waals surface area (Å²) in [5.41, 5.74) is 20.7. The van der Waals surface area contributed by atoms with Gasteiger partial charge in [-0.2, -0.15) is 0 Å². The molecule has 46 heavy (non-hydrogen) atoms. The standard InChI is InChI=1S/C46H40/c1-27(2)29-13-15-35-37-17-18-38-36-16-14-30(28(3)4)22-42(36)46(25-33-11-7-8-12-34(33)26-46)40-20-19-39(43(37)44(38)40)45(41(35)21-29)23-31-9-5-6-10-32(31)24-45/h5-22,27-28H,23-26H2,1-4H3. The highest BCUT2D eigenvalue weighted by molar-refractivity contribution is 6.13. The second kappa shape index (κ2) is 9.10. The van der Waals surface area contributed by atoms with Crippen LogP contribution in [-0.4, -0.2) is 0 Å². The molecule has 0 aliphatic heterocycles. The fraction of sp³-hybridized carbons (Fsp3) is 0.261. The Morgan fingerprint density at radius 2 is 0.739 bits per heavy atom. The van der Waals surface area contributed by atoms with Gasteiger partial charge in [-0.05, 0) is 126 Å². The fourth-order valence-electron chi connectivity index (χ4n) is 10.1. The Balaban J connectivity index is 1.33. The normalized spacial score (nSPS) is 17.1. The highest BCUT2D eigenvalue weighted by Crippen LogP contribution is 2.61. The maximum absolute atomic E-state index is 2.59. The van der Waals surface area contributed by atoms with Crippen molar-refractivity contribution in [2.75, 3.05) is 0 Å². The van der Waals surface area contributed by atoms with Crippen LogP contribution in [0.4, 0.5) is 0 Å². The third-order valence-electron chi connectivity index (χ3n) is 12.4. The molecule has 6 aromatic rings. The molecule has 0 nitrogen and oxygen atoms in total. The van der Waals surface area contributed by atoms with E-state index < -0.39 is 0 Å². The Morgan fingerprint density at radius 3 is 1.09 bits per heavy atom. The van der Waals surface area contributed by atoms with Crippen molar-refractivity contribution in [2.45, 2.75) is 76.0 Å². The van der Waals surface area contributed by atoms with E-state index in [1.165, 1.54) is 77.5 Å². The first-order valence-corrected chi connectivity index (χ1v) is 17.4. The van der Waals surface area contributed by atoms with Gasteiger partial charge in [-0.25, -0.2) is 0 Å². The molecule has 0 amide bonds. The summed E-state index contributed by atoms with van der Waals surface area (Å²) in [4.78, 5) is 0. The van der Waals surface area contributed by atoms with Gasteiger partial charge in [-0.3, -0.25) is 0 Å². The Labute approximate surface area is 273 Å². The summed E-state index contributed by atoms with van der Waals surface area (Å²) in [5, 5.41) is 3.03. The van der Waals surface area contributed by atoms with E-state index in [2.05, 4.69) is 137 Å². The minimum Gasteiger partial charge on any atom is -0.0620 e. The third kappa shape index (κ3) is 3.30. The zero-order chi connectivity index (χ0) is 30.9. The van der Waals surface area contributed by atoms with Crippen molar-refractivity contribution in [3.63, 3.8) is 0 Å². The molecule has 0 aromatic heterocycles. The molecule has 0 heterocycles. The molecular weight excluding hydrogens is 553 g/mol. The third-order valence-corrected chi connectivity index (χ3v) is 12.4. The summed E-state index contributed by atoms with van der Waals surface area (Å²) in [6, 6.07) is 43.5. The lowest BCUT2D eigenvalue weighted by atomic mass is 9.59. The van der Waals surface area contributed by atoms with Crippen LogP contribution in [0.1, 0.15) is 95.2 Å². The van der Waals surface area contributed by atoms with Crippen molar-refractivity contribution >= 4 is 10.8 Å². The second-order valence-electron chi connectivity index (χ2n) is 15.4. The summed E-state index contributed by atoms with van der Waals surface area (Å²) in [6.45, 7) is 9.34. The average molecular weight is 593 g/mol. The summed E-state index contributed by atoms with van der Waals surface area (Å²) in [5.74, 6) is 0.998. The maximum Gasteiger partial charge on any atom is 0.0296 e. The molecule has 4 aliphatic rings. The molecule has 0 N–H and O–H groups in total. The Bertz CT molecular complexity index is 2060. The Hall–Kier alpha value is -4.42. The molecule has 0 atom stereocenters. The van der Waals surface area contributed by atoms with Crippen molar-refractivity contribution in [3.05, 3.63) is 165 Å². The van der Waals surface area contributed by atoms with Gasteiger partial charge in [0, 0.05) is 10.8 Å². The largest absolute Gasteiger partial charge is 0.0620 e. The smallest absolute Gasteiger partial charge is 0.0296 e. The number of hydrogen-bond acceptors (Lipinski definition) is 0. The summed E-state index contributed by atoms with van der Waals surface area (Å²) < 4.78 is 0. The molecule has 4 aliphatic carbocycles. The van der Waals surface area contributed by atoms with Crippen molar-refractivity contribution in [1.29, 1.82) is 0 Å². The van der Waals surface area contributed by atoms with Gasteiger partial charge in [-0.15, -0.1) is 0 Å². The van der Waals surface area contributed by atoms with Crippen molar-refractivity contribution in [3.8, 4) is 22.3 Å². The highest BCUT2D eigenvalue weighted by Gasteiger charge is 2.50. The van der Waals surface area contributed by atoms with Crippen molar-refractivity contribution in [1.82, 2.24) is 0 Å². The molecule has 2 spiro atoms. The van der Waals surface area contributed by atoms with Gasteiger partial charge in [0.15, 0.2) is 0 Å². The van der Waals surface area contributed by atoms with E-state index in [0.717, 1.165) is 25.7 Å². The molecule has 0 saturated heterocycles. The molecule has 0 heteroatoms. The zero-order valence-electron chi connectivity index (χ0n) is 27.4. The lowest BCUT2D eigenvalue weighted by molar-refractivity contribution is 0.541. The highest BCUT2D eigenvalue weighted by atomic mass is 14.5. The van der Waals surface area contributed by atoms with Crippen LogP contribution >= 0.6 is 0 Å². The first-order valence-electron chi connectivity index (χ1n) is 17.4. The van der Waals surface area contributed by atoms with Gasteiger partial charge in [0.25, 0.3) is 0 Å². The molecule has 0 fully saturated rings. The van der Waals surface area contributed by atoms with E-state index in [-0.39, 0.29) is 10.8 Å². The Morgan fingerprint density at radius 1 is 0.391 bits per heavy atom. The minimum absolute atomic E-state index is 0.0539. The van der Waals surface area contributed by atoms with E-state index in [9.17, 15) is 0 Å². The molecule has 0 saturated carbocycles. The molecule has 0 radical (unpaired) electrons. The van der Waals surface area contributed by atoms with Crippen LogP contribution in [0.25, 0.3) is 33.0 Å². The van der Waals surface area contributed by atoms with Crippen LogP contribution in [0.15, 0.2) is 109 Å². The van der Waals surface area contributed by atoms with Gasteiger partial charge in [0.2, 0.25) is 0 Å². The minimum atomic E-state index is -0.0539. The lowest BCUT2D eigenvalue weighted by Crippen LogP contribution is -2.35. The van der Waals surface area contributed by atoms with E-state index >= 15 is 0 Å². The predicted octanol–water partition coefficient (Wildman–Crippen LogP) is 11.2. The number of hydrogen-bond donors (Lipinski definition) is 0. The number of fused-ring (bicyclic) bond motifs is 10. The average Bonchev–Trinajstić information content (AvgIpc) is 3.66. The van der Waals surface area contributed by atoms with Gasteiger partial charge in [0.1, 0.15) is 0 Å². The van der Waals surface area contributed by atoms with Crippen molar-refractivity contribution < 1.29 is 0 Å². The molecule has 0 unspecified atom stereocenters. The SMILES string of the molecule is CC(C)c1ccc2c(c1)C1(Cc3ccccc3C1)c1ccc3c4c(ccc-2c14)-c1ccc(C(C)C)cc1C31Cc2ccccc2C1. The number of benzene rings is 6. The quantitative estimate of drug-likeness (QED) is 0.188. The fourth-order valence-corrected chi connectivity index (χ4v) is 10.1. The molecule has 6 aromatic carbocycles. The van der Waals surface area contributed by atoms with Crippen LogP contribution in [0.2, 0.25) is 0 Å². The molecule has 0 bridgehead atoms. The van der Waals surface area contributed by atoms with Crippen molar-refractivity contribution in [2.24, 2.45) is 0 Å². The summed E-state index contributed by atoms with van der Waals surface area (Å²) in [6.07, 6.45) is 4.28. The first-order chi connectivity index (χ1) is 22.4. The van der Waals surface area contributed by atoms with Gasteiger partial charge < -0.3 is 0 Å². The van der Waals surface area contributed by atoms with Gasteiger partial charge in [0.05, 0.1) is 0 Å². The maximum atomic E-state index is 2.59. The lowest BCUT2D eigenvalue weighted by Gasteiger charge is -2.43. The zero-order valence-corrected chi connectivity index (χ0v) is 27.4. The Kier molecular flexibility index (Phi) is 5.29. The van der Waals surface area contributed by atoms with Crippen LogP contribution in [-0.2, 0) is 36.5 Å². The topological polar surface area (TPSA) is 0 Å². The molecular formula is C46H40. The predicted molar refractivity (Wildman–Crippen MR) is 192 cm³/mol. The van der Waals surface area contributed by atoms with E-state index in [0.29, 0.717) is 11.8 Å². The van der Waals surface area contributed by atoms with Crippen LogP contribution in [0.5, 0.6) is 0 Å².